The van der Waals surface area contributed by atoms with Gasteiger partial charge in [-0.2, -0.15) is 4.99 Å². The highest BCUT2D eigenvalue weighted by Crippen LogP contribution is 2.33. The van der Waals surface area contributed by atoms with Crippen LogP contribution < -0.4 is 4.80 Å². The zero-order valence-corrected chi connectivity index (χ0v) is 21.5. The number of carbonyl (C=O) groups excluding carboxylic acids is 1. The fraction of sp³-hybridized carbons (Fsp3) is 0.214. The minimum atomic E-state index is -0.460. The lowest BCUT2D eigenvalue weighted by atomic mass is 9.91. The van der Waals surface area contributed by atoms with E-state index in [2.05, 4.69) is 18.4 Å². The van der Waals surface area contributed by atoms with Crippen molar-refractivity contribution >= 4 is 40.4 Å². The Balaban J connectivity index is 1.87. The third-order valence-corrected chi connectivity index (χ3v) is 7.56. The SMILES string of the molecule is CCCc1sc(=NC(=O)C(c2ccccc2)c2ccccc2)n(CC)c1-c1ccc(Cl)c(Cl)c1. The molecule has 0 atom stereocenters. The summed E-state index contributed by atoms with van der Waals surface area (Å²) in [6.07, 6.45) is 1.88. The van der Waals surface area contributed by atoms with Crippen LogP contribution in [0.15, 0.2) is 83.9 Å². The molecule has 0 unspecified atom stereocenters. The van der Waals surface area contributed by atoms with Gasteiger partial charge in [0.2, 0.25) is 0 Å². The average molecular weight is 510 g/mol. The Morgan fingerprint density at radius 2 is 1.53 bits per heavy atom. The van der Waals surface area contributed by atoms with Gasteiger partial charge in [0.05, 0.1) is 21.7 Å². The van der Waals surface area contributed by atoms with E-state index in [0.29, 0.717) is 21.4 Å². The monoisotopic (exact) mass is 508 g/mol. The Bertz CT molecular complexity index is 1300. The largest absolute Gasteiger partial charge is 0.316 e. The molecule has 0 spiro atoms. The first kappa shape index (κ1) is 24.5. The predicted molar refractivity (Wildman–Crippen MR) is 143 cm³/mol. The molecule has 174 valence electrons. The minimum Gasteiger partial charge on any atom is -0.316 e. The van der Waals surface area contributed by atoms with Gasteiger partial charge in [-0.25, -0.2) is 0 Å². The Morgan fingerprint density at radius 1 is 0.912 bits per heavy atom. The number of rotatable bonds is 7. The molecular formula is C28H26Cl2N2OS. The van der Waals surface area contributed by atoms with Gasteiger partial charge in [-0.05, 0) is 36.6 Å². The van der Waals surface area contributed by atoms with E-state index in [1.807, 2.05) is 78.9 Å². The molecule has 6 heteroatoms. The number of nitrogens with zero attached hydrogens (tertiary/aromatic N) is 2. The van der Waals surface area contributed by atoms with Crippen molar-refractivity contribution in [1.82, 2.24) is 4.57 Å². The van der Waals surface area contributed by atoms with Crippen molar-refractivity contribution in [2.24, 2.45) is 4.99 Å². The van der Waals surface area contributed by atoms with Gasteiger partial charge in [0, 0.05) is 17.0 Å². The molecule has 34 heavy (non-hydrogen) atoms. The molecule has 1 aromatic heterocycles. The van der Waals surface area contributed by atoms with Crippen LogP contribution in [0.1, 0.15) is 42.2 Å². The summed E-state index contributed by atoms with van der Waals surface area (Å²) in [6.45, 7) is 4.90. The second-order valence-electron chi connectivity index (χ2n) is 7.98. The molecule has 0 bridgehead atoms. The summed E-state index contributed by atoms with van der Waals surface area (Å²) < 4.78 is 2.11. The van der Waals surface area contributed by atoms with Gasteiger partial charge in [0.15, 0.2) is 4.80 Å². The van der Waals surface area contributed by atoms with Crippen LogP contribution in [0.3, 0.4) is 0 Å². The molecule has 0 radical (unpaired) electrons. The molecule has 0 aliphatic carbocycles. The van der Waals surface area contributed by atoms with Crippen molar-refractivity contribution in [3.05, 3.63) is 110 Å². The molecular weight excluding hydrogens is 483 g/mol. The van der Waals surface area contributed by atoms with E-state index >= 15 is 0 Å². The van der Waals surface area contributed by atoms with Crippen LogP contribution in [-0.4, -0.2) is 10.5 Å². The minimum absolute atomic E-state index is 0.176. The Hall–Kier alpha value is -2.66. The van der Waals surface area contributed by atoms with E-state index < -0.39 is 5.92 Å². The normalized spacial score (nSPS) is 11.9. The number of aryl methyl sites for hydroxylation is 1. The molecule has 4 aromatic rings. The zero-order chi connectivity index (χ0) is 24.1. The molecule has 3 aromatic carbocycles. The second-order valence-corrected chi connectivity index (χ2v) is 9.86. The first-order chi connectivity index (χ1) is 16.5. The first-order valence-corrected chi connectivity index (χ1v) is 13.0. The first-order valence-electron chi connectivity index (χ1n) is 11.4. The summed E-state index contributed by atoms with van der Waals surface area (Å²) in [5.41, 5.74) is 3.89. The van der Waals surface area contributed by atoms with Crippen LogP contribution in [-0.2, 0) is 17.8 Å². The third kappa shape index (κ3) is 5.20. The van der Waals surface area contributed by atoms with E-state index in [0.717, 1.165) is 35.2 Å². The van der Waals surface area contributed by atoms with Crippen LogP contribution in [0.5, 0.6) is 0 Å². The molecule has 0 saturated carbocycles. The van der Waals surface area contributed by atoms with Crippen LogP contribution >= 0.6 is 34.5 Å². The topological polar surface area (TPSA) is 34.4 Å². The number of benzene rings is 3. The molecule has 4 rings (SSSR count). The fourth-order valence-corrected chi connectivity index (χ4v) is 5.74. The molecule has 3 nitrogen and oxygen atoms in total. The van der Waals surface area contributed by atoms with E-state index in [9.17, 15) is 4.79 Å². The van der Waals surface area contributed by atoms with Crippen molar-refractivity contribution in [2.45, 2.75) is 39.2 Å². The fourth-order valence-electron chi connectivity index (χ4n) is 4.12. The molecule has 0 saturated heterocycles. The highest BCUT2D eigenvalue weighted by atomic mass is 35.5. The standard InChI is InChI=1S/C28H26Cl2N2OS/c1-3-11-24-26(21-16-17-22(29)23(30)18-21)32(4-2)28(34-24)31-27(33)25(19-12-7-5-8-13-19)20-14-9-6-10-15-20/h5-10,12-18,25H,3-4,11H2,1-2H3. The zero-order valence-electron chi connectivity index (χ0n) is 19.2. The molecule has 0 aliphatic heterocycles. The van der Waals surface area contributed by atoms with Gasteiger partial charge in [-0.1, -0.05) is 103 Å². The maximum absolute atomic E-state index is 13.7. The van der Waals surface area contributed by atoms with Gasteiger partial charge < -0.3 is 4.57 Å². The summed E-state index contributed by atoms with van der Waals surface area (Å²) in [6, 6.07) is 25.3. The molecule has 0 aliphatic rings. The number of halogens is 2. The van der Waals surface area contributed by atoms with Crippen molar-refractivity contribution in [3.8, 4) is 11.3 Å². The quantitative estimate of drug-likeness (QED) is 0.251. The lowest BCUT2D eigenvalue weighted by Crippen LogP contribution is -2.20. The number of amides is 1. The highest BCUT2D eigenvalue weighted by molar-refractivity contribution is 7.09. The van der Waals surface area contributed by atoms with Crippen molar-refractivity contribution in [2.75, 3.05) is 0 Å². The molecule has 0 fully saturated rings. The number of carbonyl (C=O) groups is 1. The molecule has 1 heterocycles. The summed E-state index contributed by atoms with van der Waals surface area (Å²) in [5.74, 6) is -0.637. The van der Waals surface area contributed by atoms with Crippen LogP contribution in [0.2, 0.25) is 10.0 Å². The van der Waals surface area contributed by atoms with Crippen LogP contribution in [0.4, 0.5) is 0 Å². The average Bonchev–Trinajstić information content (AvgIpc) is 3.19. The summed E-state index contributed by atoms with van der Waals surface area (Å²) in [7, 11) is 0. The van der Waals surface area contributed by atoms with E-state index in [1.54, 1.807) is 11.3 Å². The second kappa shape index (κ2) is 11.2. The highest BCUT2D eigenvalue weighted by Gasteiger charge is 2.23. The summed E-state index contributed by atoms with van der Waals surface area (Å²) in [5, 5.41) is 1.03. The Labute approximate surface area is 214 Å². The van der Waals surface area contributed by atoms with E-state index in [-0.39, 0.29) is 5.91 Å². The van der Waals surface area contributed by atoms with Gasteiger partial charge in [-0.3, -0.25) is 4.79 Å². The van der Waals surface area contributed by atoms with E-state index in [4.69, 9.17) is 28.2 Å². The van der Waals surface area contributed by atoms with Crippen LogP contribution in [0, 0.1) is 0 Å². The van der Waals surface area contributed by atoms with Crippen molar-refractivity contribution < 1.29 is 4.79 Å². The number of hydrogen-bond donors (Lipinski definition) is 0. The Morgan fingerprint density at radius 3 is 2.06 bits per heavy atom. The van der Waals surface area contributed by atoms with Crippen LogP contribution in [0.25, 0.3) is 11.3 Å². The van der Waals surface area contributed by atoms with Gasteiger partial charge >= 0.3 is 0 Å². The Kier molecular flexibility index (Phi) is 8.04. The predicted octanol–water partition coefficient (Wildman–Crippen LogP) is 7.76. The van der Waals surface area contributed by atoms with E-state index in [1.165, 1.54) is 4.88 Å². The van der Waals surface area contributed by atoms with Crippen molar-refractivity contribution in [3.63, 3.8) is 0 Å². The number of thiazole rings is 1. The van der Waals surface area contributed by atoms with Gasteiger partial charge in [0.1, 0.15) is 0 Å². The molecule has 1 amide bonds. The lowest BCUT2D eigenvalue weighted by Gasteiger charge is -2.14. The summed E-state index contributed by atoms with van der Waals surface area (Å²) in [4.78, 5) is 20.3. The van der Waals surface area contributed by atoms with Gasteiger partial charge in [0.25, 0.3) is 5.91 Å². The number of aromatic nitrogens is 1. The summed E-state index contributed by atoms with van der Waals surface area (Å²) >= 11 is 14.1. The maximum atomic E-state index is 13.7. The van der Waals surface area contributed by atoms with Gasteiger partial charge in [-0.15, -0.1) is 11.3 Å². The third-order valence-electron chi connectivity index (χ3n) is 5.68. The number of hydrogen-bond acceptors (Lipinski definition) is 2. The maximum Gasteiger partial charge on any atom is 0.260 e. The van der Waals surface area contributed by atoms with Crippen molar-refractivity contribution in [1.29, 1.82) is 0 Å². The lowest BCUT2D eigenvalue weighted by molar-refractivity contribution is -0.118. The smallest absolute Gasteiger partial charge is 0.260 e. The molecule has 0 N–H and O–H groups in total.